The van der Waals surface area contributed by atoms with E-state index in [-0.39, 0.29) is 22.9 Å². The highest BCUT2D eigenvalue weighted by Gasteiger charge is 2.26. The maximum Gasteiger partial charge on any atom is 0.241 e. The van der Waals surface area contributed by atoms with Crippen LogP contribution in [0.4, 0.5) is 10.1 Å². The van der Waals surface area contributed by atoms with Crippen LogP contribution in [-0.2, 0) is 14.3 Å². The molecule has 7 nitrogen and oxygen atoms in total. The van der Waals surface area contributed by atoms with Crippen molar-refractivity contribution in [1.29, 1.82) is 0 Å². The molecular weight excluding hydrogens is 375 g/mol. The lowest BCUT2D eigenvalue weighted by Crippen LogP contribution is -2.54. The second-order valence-corrected chi connectivity index (χ2v) is 6.86. The topological polar surface area (TPSA) is 73.9 Å². The number of halogens is 2. The Balaban J connectivity index is 1.76. The van der Waals surface area contributed by atoms with Crippen LogP contribution in [0.2, 0.25) is 5.02 Å². The van der Waals surface area contributed by atoms with E-state index in [4.69, 9.17) is 16.3 Å². The van der Waals surface area contributed by atoms with Crippen molar-refractivity contribution >= 4 is 29.1 Å². The van der Waals surface area contributed by atoms with Crippen LogP contribution in [0.1, 0.15) is 6.92 Å². The van der Waals surface area contributed by atoms with Gasteiger partial charge < -0.3 is 15.4 Å². The molecule has 2 rings (SSSR count). The van der Waals surface area contributed by atoms with Crippen LogP contribution in [0.5, 0.6) is 0 Å². The van der Waals surface area contributed by atoms with Gasteiger partial charge in [-0.3, -0.25) is 19.4 Å². The molecule has 1 aliphatic rings. The highest BCUT2D eigenvalue weighted by molar-refractivity contribution is 6.31. The largest absolute Gasteiger partial charge is 0.383 e. The molecule has 1 fully saturated rings. The van der Waals surface area contributed by atoms with E-state index >= 15 is 0 Å². The molecule has 1 aliphatic heterocycles. The fraction of sp³-hybridized carbons (Fsp3) is 0.556. The number of hydrogen-bond acceptors (Lipinski definition) is 5. The van der Waals surface area contributed by atoms with E-state index < -0.39 is 5.82 Å². The number of carbonyl (C=O) groups excluding carboxylic acids is 2. The number of methoxy groups -OCH3 is 1. The van der Waals surface area contributed by atoms with E-state index in [0.29, 0.717) is 51.6 Å². The molecule has 1 aromatic carbocycles. The van der Waals surface area contributed by atoms with Gasteiger partial charge in [-0.05, 0) is 25.1 Å². The number of ether oxygens (including phenoxy) is 1. The molecule has 2 amide bonds. The van der Waals surface area contributed by atoms with Gasteiger partial charge >= 0.3 is 0 Å². The molecule has 1 heterocycles. The minimum absolute atomic E-state index is 0.0283. The molecule has 0 aliphatic carbocycles. The lowest BCUT2D eigenvalue weighted by Gasteiger charge is -2.37. The highest BCUT2D eigenvalue weighted by Crippen LogP contribution is 2.20. The second-order valence-electron chi connectivity index (χ2n) is 6.45. The summed E-state index contributed by atoms with van der Waals surface area (Å²) in [6.45, 7) is 5.94. The van der Waals surface area contributed by atoms with Gasteiger partial charge in [0.15, 0.2) is 0 Å². The summed E-state index contributed by atoms with van der Waals surface area (Å²) in [5.74, 6) is -0.729. The Morgan fingerprint density at radius 2 is 2.00 bits per heavy atom. The number of nitrogens with zero attached hydrogens (tertiary/aromatic N) is 2. The number of rotatable bonds is 8. The van der Waals surface area contributed by atoms with Crippen molar-refractivity contribution < 1.29 is 18.7 Å². The lowest BCUT2D eigenvalue weighted by atomic mass is 10.2. The van der Waals surface area contributed by atoms with Gasteiger partial charge in [0.1, 0.15) is 5.82 Å². The first kappa shape index (κ1) is 21.6. The summed E-state index contributed by atoms with van der Waals surface area (Å²) in [5.41, 5.74) is 0.463. The predicted octanol–water partition coefficient (Wildman–Crippen LogP) is 1.19. The van der Waals surface area contributed by atoms with Crippen molar-refractivity contribution in [3.8, 4) is 0 Å². The molecule has 1 saturated heterocycles. The summed E-state index contributed by atoms with van der Waals surface area (Å²) in [6.07, 6.45) is 0. The van der Waals surface area contributed by atoms with Crippen molar-refractivity contribution in [2.75, 3.05) is 58.3 Å². The molecule has 1 atom stereocenters. The molecule has 0 saturated carbocycles. The number of anilines is 1. The molecule has 2 N–H and O–H groups in total. The average molecular weight is 401 g/mol. The van der Waals surface area contributed by atoms with Crippen molar-refractivity contribution in [1.82, 2.24) is 15.1 Å². The molecule has 0 bridgehead atoms. The zero-order chi connectivity index (χ0) is 19.8. The van der Waals surface area contributed by atoms with Gasteiger partial charge in [0.05, 0.1) is 24.2 Å². The normalized spacial score (nSPS) is 16.7. The Kier molecular flexibility index (Phi) is 8.43. The summed E-state index contributed by atoms with van der Waals surface area (Å²) in [5, 5.41) is 5.53. The third kappa shape index (κ3) is 6.73. The Hall–Kier alpha value is -1.74. The number of amides is 2. The summed E-state index contributed by atoms with van der Waals surface area (Å²) < 4.78 is 18.1. The number of hydrogen-bond donors (Lipinski definition) is 2. The Morgan fingerprint density at radius 3 is 2.63 bits per heavy atom. The van der Waals surface area contributed by atoms with E-state index in [1.165, 1.54) is 18.2 Å². The van der Waals surface area contributed by atoms with Gasteiger partial charge in [-0.2, -0.15) is 0 Å². The van der Waals surface area contributed by atoms with Crippen LogP contribution >= 0.6 is 11.6 Å². The third-order valence-electron chi connectivity index (χ3n) is 4.52. The monoisotopic (exact) mass is 400 g/mol. The fourth-order valence-corrected chi connectivity index (χ4v) is 3.03. The van der Waals surface area contributed by atoms with Crippen LogP contribution in [-0.4, -0.2) is 80.6 Å². The molecule has 9 heteroatoms. The molecule has 1 aromatic rings. The van der Waals surface area contributed by atoms with Crippen LogP contribution in [0.3, 0.4) is 0 Å². The zero-order valence-corrected chi connectivity index (χ0v) is 16.4. The Bertz CT molecular complexity index is 653. The number of carbonyl (C=O) groups is 2. The predicted molar refractivity (Wildman–Crippen MR) is 102 cm³/mol. The van der Waals surface area contributed by atoms with Gasteiger partial charge in [-0.1, -0.05) is 11.6 Å². The molecule has 1 unspecified atom stereocenters. The maximum atomic E-state index is 13.2. The van der Waals surface area contributed by atoms with E-state index in [1.807, 2.05) is 6.92 Å². The molecule has 0 spiro atoms. The van der Waals surface area contributed by atoms with Gasteiger partial charge in [-0.15, -0.1) is 0 Å². The first-order valence-electron chi connectivity index (χ1n) is 8.88. The first-order valence-corrected chi connectivity index (χ1v) is 9.26. The molecule has 150 valence electrons. The summed E-state index contributed by atoms with van der Waals surface area (Å²) >= 11 is 5.74. The van der Waals surface area contributed by atoms with Crippen molar-refractivity contribution in [2.45, 2.75) is 13.0 Å². The maximum absolute atomic E-state index is 13.2. The SMILES string of the molecule is COCCNC(=O)CN1CCN(C(C)C(=O)Nc2ccc(F)c(Cl)c2)CC1. The van der Waals surface area contributed by atoms with Crippen molar-refractivity contribution in [3.05, 3.63) is 29.0 Å². The fourth-order valence-electron chi connectivity index (χ4n) is 2.85. The van der Waals surface area contributed by atoms with E-state index in [9.17, 15) is 14.0 Å². The van der Waals surface area contributed by atoms with Gasteiger partial charge in [0, 0.05) is 45.5 Å². The van der Waals surface area contributed by atoms with Crippen LogP contribution in [0.15, 0.2) is 18.2 Å². The summed E-state index contributed by atoms with van der Waals surface area (Å²) in [7, 11) is 1.59. The van der Waals surface area contributed by atoms with Crippen LogP contribution in [0.25, 0.3) is 0 Å². The quantitative estimate of drug-likeness (QED) is 0.641. The zero-order valence-electron chi connectivity index (χ0n) is 15.6. The second kappa shape index (κ2) is 10.6. The lowest BCUT2D eigenvalue weighted by molar-refractivity contribution is -0.124. The van der Waals surface area contributed by atoms with Gasteiger partial charge in [0.2, 0.25) is 11.8 Å². The number of nitrogens with one attached hydrogen (secondary N) is 2. The van der Waals surface area contributed by atoms with E-state index in [1.54, 1.807) is 7.11 Å². The minimum Gasteiger partial charge on any atom is -0.383 e. The Morgan fingerprint density at radius 1 is 1.30 bits per heavy atom. The highest BCUT2D eigenvalue weighted by atomic mass is 35.5. The first-order chi connectivity index (χ1) is 12.9. The van der Waals surface area contributed by atoms with Crippen molar-refractivity contribution in [2.24, 2.45) is 0 Å². The van der Waals surface area contributed by atoms with Gasteiger partial charge in [0.25, 0.3) is 0 Å². The number of piperazine rings is 1. The number of benzene rings is 1. The molecule has 0 aromatic heterocycles. The summed E-state index contributed by atoms with van der Waals surface area (Å²) in [6, 6.07) is 3.75. The van der Waals surface area contributed by atoms with E-state index in [2.05, 4.69) is 20.4 Å². The van der Waals surface area contributed by atoms with Gasteiger partial charge in [-0.25, -0.2) is 4.39 Å². The van der Waals surface area contributed by atoms with Crippen LogP contribution < -0.4 is 10.6 Å². The average Bonchev–Trinajstić information content (AvgIpc) is 2.65. The Labute approximate surface area is 163 Å². The molecular formula is C18H26ClFN4O3. The minimum atomic E-state index is -0.523. The third-order valence-corrected chi connectivity index (χ3v) is 4.81. The standard InChI is InChI=1S/C18H26ClFN4O3/c1-13(18(26)22-14-3-4-16(20)15(19)11-14)24-8-6-23(7-9-24)12-17(25)21-5-10-27-2/h3-4,11,13H,5-10,12H2,1-2H3,(H,21,25)(H,22,26). The van der Waals surface area contributed by atoms with E-state index in [0.717, 1.165) is 0 Å². The smallest absolute Gasteiger partial charge is 0.241 e. The van der Waals surface area contributed by atoms with Crippen LogP contribution in [0, 0.1) is 5.82 Å². The molecule has 27 heavy (non-hydrogen) atoms. The molecule has 0 radical (unpaired) electrons. The summed E-state index contributed by atoms with van der Waals surface area (Å²) in [4.78, 5) is 28.4. The van der Waals surface area contributed by atoms with Crippen molar-refractivity contribution in [3.63, 3.8) is 0 Å².